The van der Waals surface area contributed by atoms with Crippen LogP contribution < -0.4 is 0 Å². The van der Waals surface area contributed by atoms with Gasteiger partial charge in [0.25, 0.3) is 0 Å². The van der Waals surface area contributed by atoms with E-state index in [1.807, 2.05) is 13.8 Å². The molecule has 0 amide bonds. The Labute approximate surface area is 315 Å². The maximum Gasteiger partial charge on any atom is 0.317 e. The lowest BCUT2D eigenvalue weighted by Gasteiger charge is -2.46. The third-order valence-corrected chi connectivity index (χ3v) is 9.47. The Kier molecular flexibility index (Phi) is 18.7. The standard InChI is InChI=1S/C36H58O18/c1-9-19(6)32(44)48-16-23-28(51-33(45)20(7)10-2)29(50-25(40)13-12-18(4)5)30(52-34(46)21(8)11-3)35(49-23)54-36(17-37)31(43)27(42)22(53-36)15-47-26(41)14-24(38)39/h18-23,27-31,35,37,42-43H,9-17H2,1-8H3,(H,38,39)/t19?,20?,21?,22-,23-,27-,28-,29+,30-,31+,35-,36+/m1/s1. The van der Waals surface area contributed by atoms with E-state index in [2.05, 4.69) is 0 Å². The summed E-state index contributed by atoms with van der Waals surface area (Å²) < 4.78 is 46.0. The lowest BCUT2D eigenvalue weighted by molar-refractivity contribution is -0.384. The predicted octanol–water partition coefficient (Wildman–Crippen LogP) is 1.41. The molecular formula is C36H58O18. The maximum absolute atomic E-state index is 13.4. The van der Waals surface area contributed by atoms with Gasteiger partial charge in [0.2, 0.25) is 12.1 Å². The lowest BCUT2D eigenvalue weighted by atomic mass is 9.96. The summed E-state index contributed by atoms with van der Waals surface area (Å²) in [5.41, 5.74) is 0. The van der Waals surface area contributed by atoms with E-state index in [1.54, 1.807) is 41.5 Å². The van der Waals surface area contributed by atoms with Crippen LogP contribution >= 0.6 is 0 Å². The zero-order valence-corrected chi connectivity index (χ0v) is 32.3. The van der Waals surface area contributed by atoms with Gasteiger partial charge < -0.3 is 58.3 Å². The number of carboxylic acid groups (broad SMARTS) is 1. The molecule has 0 radical (unpaired) electrons. The number of rotatable bonds is 21. The van der Waals surface area contributed by atoms with E-state index >= 15 is 0 Å². The molecule has 3 unspecified atom stereocenters. The van der Waals surface area contributed by atoms with Crippen molar-refractivity contribution in [2.24, 2.45) is 23.7 Å². The van der Waals surface area contributed by atoms with Crippen LogP contribution in [0.25, 0.3) is 0 Å². The topological polar surface area (TPSA) is 257 Å². The van der Waals surface area contributed by atoms with Crippen LogP contribution in [0.1, 0.15) is 93.9 Å². The zero-order chi connectivity index (χ0) is 40.9. The summed E-state index contributed by atoms with van der Waals surface area (Å²) in [5.74, 6) is -10.0. The van der Waals surface area contributed by atoms with Gasteiger partial charge in [0, 0.05) is 6.42 Å². The molecular weight excluding hydrogens is 720 g/mol. The van der Waals surface area contributed by atoms with Crippen molar-refractivity contribution in [2.45, 2.75) is 149 Å². The van der Waals surface area contributed by atoms with Gasteiger partial charge in [-0.1, -0.05) is 55.4 Å². The molecule has 18 nitrogen and oxygen atoms in total. The fourth-order valence-electron chi connectivity index (χ4n) is 5.24. The minimum Gasteiger partial charge on any atom is -0.481 e. The van der Waals surface area contributed by atoms with Crippen LogP contribution in [0.5, 0.6) is 0 Å². The molecule has 0 spiro atoms. The third-order valence-electron chi connectivity index (χ3n) is 9.47. The third kappa shape index (κ3) is 12.8. The van der Waals surface area contributed by atoms with Gasteiger partial charge >= 0.3 is 35.8 Å². The molecule has 0 aliphatic carbocycles. The molecule has 310 valence electrons. The summed E-state index contributed by atoms with van der Waals surface area (Å²) in [6.07, 6.45) is -13.6. The first kappa shape index (κ1) is 46.7. The number of carbonyl (C=O) groups is 6. The van der Waals surface area contributed by atoms with E-state index in [-0.39, 0.29) is 12.3 Å². The normalized spacial score (nSPS) is 29.8. The summed E-state index contributed by atoms with van der Waals surface area (Å²) in [5, 5.41) is 41.4. The minimum atomic E-state index is -2.58. The highest BCUT2D eigenvalue weighted by Gasteiger charge is 2.61. The molecule has 2 rings (SSSR count). The van der Waals surface area contributed by atoms with E-state index < -0.39 is 135 Å². The van der Waals surface area contributed by atoms with E-state index in [0.717, 1.165) is 0 Å². The first-order chi connectivity index (χ1) is 25.3. The number of carboxylic acids is 1. The number of aliphatic carboxylic acids is 1. The Morgan fingerprint density at radius 2 is 1.24 bits per heavy atom. The van der Waals surface area contributed by atoms with Crippen molar-refractivity contribution in [1.29, 1.82) is 0 Å². The molecule has 0 saturated carbocycles. The SMILES string of the molecule is CCC(C)C(=O)OC[C@H]1O[C@H](O[C@]2(CO)O[C@H](COC(=O)CC(=O)O)[C@@H](O)[C@@H]2O)[C@H](OC(=O)C(C)CC)[C@@H](OC(=O)CCC(C)C)[C@@H]1OC(=O)C(C)CC. The van der Waals surface area contributed by atoms with Crippen molar-refractivity contribution >= 4 is 35.8 Å². The van der Waals surface area contributed by atoms with Crippen molar-refractivity contribution in [2.75, 3.05) is 19.8 Å². The molecule has 0 aromatic heterocycles. The molecule has 2 aliphatic rings. The van der Waals surface area contributed by atoms with E-state index in [9.17, 15) is 44.1 Å². The molecule has 4 N–H and O–H groups in total. The molecule has 18 heteroatoms. The number of hydrogen-bond acceptors (Lipinski definition) is 17. The van der Waals surface area contributed by atoms with Crippen molar-refractivity contribution in [3.63, 3.8) is 0 Å². The highest BCUT2D eigenvalue weighted by Crippen LogP contribution is 2.39. The number of hydrogen-bond donors (Lipinski definition) is 4. The van der Waals surface area contributed by atoms with Gasteiger partial charge in [0.1, 0.15) is 50.7 Å². The predicted molar refractivity (Wildman–Crippen MR) is 183 cm³/mol. The average Bonchev–Trinajstić information content (AvgIpc) is 3.37. The average molecular weight is 779 g/mol. The molecule has 0 aromatic rings. The number of ether oxygens (including phenoxy) is 8. The fourth-order valence-corrected chi connectivity index (χ4v) is 5.24. The second-order valence-corrected chi connectivity index (χ2v) is 14.2. The number of carbonyl (C=O) groups excluding carboxylic acids is 5. The van der Waals surface area contributed by atoms with E-state index in [4.69, 9.17) is 43.0 Å². The van der Waals surface area contributed by atoms with Crippen molar-refractivity contribution in [3.8, 4) is 0 Å². The van der Waals surface area contributed by atoms with Crippen LogP contribution in [0.2, 0.25) is 0 Å². The van der Waals surface area contributed by atoms with Crippen LogP contribution in [0, 0.1) is 23.7 Å². The van der Waals surface area contributed by atoms with Gasteiger partial charge in [-0.3, -0.25) is 28.8 Å². The Bertz CT molecular complexity index is 1270. The van der Waals surface area contributed by atoms with Crippen LogP contribution in [-0.4, -0.2) is 131 Å². The van der Waals surface area contributed by atoms with Crippen LogP contribution in [0.4, 0.5) is 0 Å². The van der Waals surface area contributed by atoms with Gasteiger partial charge in [-0.25, -0.2) is 0 Å². The summed E-state index contributed by atoms with van der Waals surface area (Å²) in [6.45, 7) is 11.2. The second-order valence-electron chi connectivity index (χ2n) is 14.2. The highest BCUT2D eigenvalue weighted by atomic mass is 16.8. The van der Waals surface area contributed by atoms with E-state index in [0.29, 0.717) is 25.7 Å². The molecule has 0 aromatic carbocycles. The molecule has 2 aliphatic heterocycles. The largest absolute Gasteiger partial charge is 0.481 e. The van der Waals surface area contributed by atoms with Gasteiger partial charge in [0.05, 0.1) is 17.8 Å². The van der Waals surface area contributed by atoms with Gasteiger partial charge in [-0.15, -0.1) is 0 Å². The molecule has 2 fully saturated rings. The number of esters is 5. The van der Waals surface area contributed by atoms with Crippen molar-refractivity contribution in [1.82, 2.24) is 0 Å². The van der Waals surface area contributed by atoms with Crippen LogP contribution in [0.15, 0.2) is 0 Å². The maximum atomic E-state index is 13.4. The summed E-state index contributed by atoms with van der Waals surface area (Å²) in [7, 11) is 0. The first-order valence-corrected chi connectivity index (χ1v) is 18.5. The summed E-state index contributed by atoms with van der Waals surface area (Å²) >= 11 is 0. The smallest absolute Gasteiger partial charge is 0.317 e. The number of aliphatic hydroxyl groups excluding tert-OH is 3. The van der Waals surface area contributed by atoms with Crippen LogP contribution in [-0.2, 0) is 66.7 Å². The van der Waals surface area contributed by atoms with Crippen LogP contribution in [0.3, 0.4) is 0 Å². The highest BCUT2D eigenvalue weighted by molar-refractivity contribution is 5.90. The van der Waals surface area contributed by atoms with E-state index in [1.165, 1.54) is 0 Å². The fraction of sp³-hybridized carbons (Fsp3) is 0.833. The van der Waals surface area contributed by atoms with Gasteiger partial charge in [0.15, 0.2) is 18.3 Å². The zero-order valence-electron chi connectivity index (χ0n) is 32.3. The first-order valence-electron chi connectivity index (χ1n) is 18.5. The Morgan fingerprint density at radius 1 is 0.704 bits per heavy atom. The lowest BCUT2D eigenvalue weighted by Crippen LogP contribution is -2.65. The number of aliphatic hydroxyl groups is 3. The quantitative estimate of drug-likeness (QED) is 0.0729. The minimum absolute atomic E-state index is 0.0854. The van der Waals surface area contributed by atoms with Crippen molar-refractivity contribution < 1.29 is 87.1 Å². The monoisotopic (exact) mass is 778 g/mol. The van der Waals surface area contributed by atoms with Gasteiger partial charge in [-0.05, 0) is 31.6 Å². The molecule has 0 bridgehead atoms. The molecule has 54 heavy (non-hydrogen) atoms. The summed E-state index contributed by atoms with van der Waals surface area (Å²) in [4.78, 5) is 75.7. The second kappa shape index (κ2) is 21.6. The molecule has 2 saturated heterocycles. The van der Waals surface area contributed by atoms with Crippen molar-refractivity contribution in [3.05, 3.63) is 0 Å². The Balaban J connectivity index is 2.69. The van der Waals surface area contributed by atoms with Gasteiger partial charge in [-0.2, -0.15) is 0 Å². The molecule has 12 atom stereocenters. The summed E-state index contributed by atoms with van der Waals surface area (Å²) in [6, 6.07) is 0. The Morgan fingerprint density at radius 3 is 1.76 bits per heavy atom. The molecule has 2 heterocycles. The Hall–Kier alpha value is -3.42.